The first kappa shape index (κ1) is 19.1. The molecule has 4 rings (SSSR count). The Labute approximate surface area is 166 Å². The molecule has 10 heteroatoms. The average Bonchev–Trinajstić information content (AvgIpc) is 3.40. The van der Waals surface area contributed by atoms with Gasteiger partial charge in [-0.1, -0.05) is 0 Å². The predicted octanol–water partition coefficient (Wildman–Crippen LogP) is 1.37. The minimum Gasteiger partial charge on any atom is -0.356 e. The lowest BCUT2D eigenvalue weighted by Gasteiger charge is -2.34. The Balaban J connectivity index is 1.43. The Morgan fingerprint density at radius 3 is 2.07 bits per heavy atom. The molecule has 0 amide bonds. The molecule has 0 N–H and O–H groups in total. The van der Waals surface area contributed by atoms with E-state index in [1.54, 1.807) is 18.9 Å². The van der Waals surface area contributed by atoms with Crippen LogP contribution in [0.4, 0.5) is 11.6 Å². The zero-order valence-corrected chi connectivity index (χ0v) is 17.2. The second-order valence-corrected chi connectivity index (χ2v) is 9.46. The van der Waals surface area contributed by atoms with Gasteiger partial charge in [-0.15, -0.1) is 0 Å². The highest BCUT2D eigenvalue weighted by molar-refractivity contribution is 7.89. The first-order valence-corrected chi connectivity index (χ1v) is 11.2. The summed E-state index contributed by atoms with van der Waals surface area (Å²) in [7, 11) is -3.57. The molecule has 0 aliphatic carbocycles. The summed E-state index contributed by atoms with van der Waals surface area (Å²) in [5.41, 5.74) is 0. The number of piperazine rings is 1. The van der Waals surface area contributed by atoms with E-state index in [1.165, 1.54) is 17.1 Å². The number of hydrogen-bond donors (Lipinski definition) is 0. The smallest absolute Gasteiger partial charge is 0.262 e. The van der Waals surface area contributed by atoms with E-state index in [-0.39, 0.29) is 11.1 Å². The van der Waals surface area contributed by atoms with Crippen molar-refractivity contribution in [3.05, 3.63) is 24.9 Å². The normalized spacial score (nSPS) is 19.0. The summed E-state index contributed by atoms with van der Waals surface area (Å²) in [4.78, 5) is 17.3. The molecule has 2 aliphatic heterocycles. The van der Waals surface area contributed by atoms with Crippen LogP contribution in [-0.2, 0) is 10.0 Å². The zero-order valence-electron chi connectivity index (χ0n) is 16.4. The first-order chi connectivity index (χ1) is 13.4. The van der Waals surface area contributed by atoms with E-state index in [9.17, 15) is 8.42 Å². The van der Waals surface area contributed by atoms with E-state index in [0.717, 1.165) is 24.7 Å². The van der Waals surface area contributed by atoms with Crippen LogP contribution < -0.4 is 9.80 Å². The van der Waals surface area contributed by atoms with E-state index < -0.39 is 10.0 Å². The van der Waals surface area contributed by atoms with Gasteiger partial charge in [-0.25, -0.2) is 23.4 Å². The maximum absolute atomic E-state index is 12.9. The number of nitrogens with zero attached hydrogens (tertiary/aromatic N) is 7. The third kappa shape index (κ3) is 3.70. The molecule has 2 aromatic rings. The van der Waals surface area contributed by atoms with Crippen molar-refractivity contribution in [2.24, 2.45) is 0 Å². The lowest BCUT2D eigenvalue weighted by molar-refractivity contribution is 0.382. The fourth-order valence-electron chi connectivity index (χ4n) is 3.65. The molecule has 0 spiro atoms. The number of hydrogen-bond acceptors (Lipinski definition) is 7. The van der Waals surface area contributed by atoms with E-state index in [1.807, 2.05) is 24.5 Å². The molecule has 2 aliphatic rings. The largest absolute Gasteiger partial charge is 0.356 e. The molecular weight excluding hydrogens is 378 g/mol. The van der Waals surface area contributed by atoms with Crippen LogP contribution in [0.25, 0.3) is 0 Å². The van der Waals surface area contributed by atoms with Crippen LogP contribution in [-0.4, -0.2) is 71.5 Å². The van der Waals surface area contributed by atoms with Crippen LogP contribution in [0.5, 0.6) is 0 Å². The van der Waals surface area contributed by atoms with Crippen LogP contribution >= 0.6 is 0 Å². The van der Waals surface area contributed by atoms with Crippen LogP contribution in [0.1, 0.15) is 32.7 Å². The van der Waals surface area contributed by atoms with Crippen molar-refractivity contribution in [3.8, 4) is 0 Å². The van der Waals surface area contributed by atoms with Crippen molar-refractivity contribution in [3.63, 3.8) is 0 Å². The van der Waals surface area contributed by atoms with Gasteiger partial charge in [0.05, 0.1) is 6.33 Å². The molecule has 2 saturated heterocycles. The molecule has 28 heavy (non-hydrogen) atoms. The van der Waals surface area contributed by atoms with E-state index in [0.29, 0.717) is 26.2 Å². The van der Waals surface area contributed by atoms with Gasteiger partial charge in [-0.2, -0.15) is 4.31 Å². The maximum Gasteiger partial charge on any atom is 0.262 e. The highest BCUT2D eigenvalue weighted by Gasteiger charge is 2.31. The van der Waals surface area contributed by atoms with E-state index in [2.05, 4.69) is 24.8 Å². The van der Waals surface area contributed by atoms with Crippen LogP contribution in [0, 0.1) is 0 Å². The van der Waals surface area contributed by atoms with Gasteiger partial charge in [-0.05, 0) is 26.7 Å². The van der Waals surface area contributed by atoms with Crippen molar-refractivity contribution >= 4 is 21.7 Å². The lowest BCUT2D eigenvalue weighted by Crippen LogP contribution is -2.49. The topological polar surface area (TPSA) is 87.5 Å². The summed E-state index contributed by atoms with van der Waals surface area (Å²) < 4.78 is 29.1. The van der Waals surface area contributed by atoms with Crippen molar-refractivity contribution in [2.75, 3.05) is 49.1 Å². The number of aromatic nitrogens is 4. The summed E-state index contributed by atoms with van der Waals surface area (Å²) in [6.07, 6.45) is 7.18. The summed E-state index contributed by atoms with van der Waals surface area (Å²) in [5.74, 6) is 1.81. The van der Waals surface area contributed by atoms with Gasteiger partial charge < -0.3 is 14.4 Å². The Morgan fingerprint density at radius 1 is 0.893 bits per heavy atom. The van der Waals surface area contributed by atoms with Gasteiger partial charge in [0.15, 0.2) is 5.03 Å². The van der Waals surface area contributed by atoms with Gasteiger partial charge in [-0.3, -0.25) is 0 Å². The molecule has 0 atom stereocenters. The fraction of sp³-hybridized carbons (Fsp3) is 0.611. The molecule has 4 heterocycles. The van der Waals surface area contributed by atoms with E-state index >= 15 is 0 Å². The third-order valence-corrected chi connectivity index (χ3v) is 7.19. The van der Waals surface area contributed by atoms with Crippen molar-refractivity contribution in [2.45, 2.75) is 37.8 Å². The molecule has 0 bridgehead atoms. The Morgan fingerprint density at radius 2 is 1.50 bits per heavy atom. The second kappa shape index (κ2) is 7.67. The highest BCUT2D eigenvalue weighted by atomic mass is 32.2. The summed E-state index contributed by atoms with van der Waals surface area (Å²) in [6, 6.07) is 2.19. The zero-order chi connectivity index (χ0) is 19.7. The molecule has 2 fully saturated rings. The first-order valence-electron chi connectivity index (χ1n) is 9.81. The van der Waals surface area contributed by atoms with Gasteiger partial charge in [0.25, 0.3) is 10.0 Å². The van der Waals surface area contributed by atoms with Crippen molar-refractivity contribution in [1.82, 2.24) is 23.8 Å². The average molecular weight is 406 g/mol. The second-order valence-electron chi connectivity index (χ2n) is 7.57. The molecule has 0 aromatic carbocycles. The van der Waals surface area contributed by atoms with Crippen molar-refractivity contribution < 1.29 is 8.42 Å². The predicted molar refractivity (Wildman–Crippen MR) is 107 cm³/mol. The SMILES string of the molecule is CC(C)n1cnc(S(=O)(=O)N2CCN(c3cc(N4CCCC4)ncn3)CC2)c1. The molecule has 152 valence electrons. The minimum atomic E-state index is -3.57. The van der Waals surface area contributed by atoms with Crippen LogP contribution in [0.15, 0.2) is 29.9 Å². The van der Waals surface area contributed by atoms with Crippen LogP contribution in [0.3, 0.4) is 0 Å². The Bertz CT molecular complexity index is 914. The quantitative estimate of drug-likeness (QED) is 0.742. The molecular formula is C18H27N7O2S. The molecule has 9 nitrogen and oxygen atoms in total. The summed E-state index contributed by atoms with van der Waals surface area (Å²) in [6.45, 7) is 8.09. The summed E-state index contributed by atoms with van der Waals surface area (Å²) >= 11 is 0. The van der Waals surface area contributed by atoms with Crippen LogP contribution in [0.2, 0.25) is 0 Å². The van der Waals surface area contributed by atoms with Crippen molar-refractivity contribution in [1.29, 1.82) is 0 Å². The van der Waals surface area contributed by atoms with Gasteiger partial charge >= 0.3 is 0 Å². The van der Waals surface area contributed by atoms with Gasteiger partial charge in [0.1, 0.15) is 18.0 Å². The number of rotatable bonds is 5. The highest BCUT2D eigenvalue weighted by Crippen LogP contribution is 2.23. The fourth-order valence-corrected chi connectivity index (χ4v) is 5.00. The molecule has 0 unspecified atom stereocenters. The van der Waals surface area contributed by atoms with Gasteiger partial charge in [0, 0.05) is 57.6 Å². The minimum absolute atomic E-state index is 0.119. The summed E-state index contributed by atoms with van der Waals surface area (Å²) in [5, 5.41) is 0.119. The standard InChI is InChI=1S/C18H27N7O2S/c1-15(2)24-12-18(21-14-24)28(26,27)25-9-7-23(8-10-25)17-11-16(19-13-20-17)22-5-3-4-6-22/h11-15H,3-10H2,1-2H3. The molecule has 2 aromatic heterocycles. The third-order valence-electron chi connectivity index (χ3n) is 5.41. The molecule has 0 radical (unpaired) electrons. The number of anilines is 2. The van der Waals surface area contributed by atoms with E-state index in [4.69, 9.17) is 0 Å². The number of imidazole rings is 1. The monoisotopic (exact) mass is 405 g/mol. The Hall–Kier alpha value is -2.20. The molecule has 0 saturated carbocycles. The Kier molecular flexibility index (Phi) is 5.24. The number of sulfonamides is 1. The maximum atomic E-state index is 12.9. The van der Waals surface area contributed by atoms with Gasteiger partial charge in [0.2, 0.25) is 0 Å². The lowest BCUT2D eigenvalue weighted by atomic mass is 10.3.